The Kier molecular flexibility index (Phi) is 6.68. The van der Waals surface area contributed by atoms with Gasteiger partial charge in [-0.1, -0.05) is 36.4 Å². The summed E-state index contributed by atoms with van der Waals surface area (Å²) in [6, 6.07) is 24.7. The highest BCUT2D eigenvalue weighted by molar-refractivity contribution is 6.10. The summed E-state index contributed by atoms with van der Waals surface area (Å²) >= 11 is 0. The van der Waals surface area contributed by atoms with E-state index in [1.807, 2.05) is 42.5 Å². The number of pyridine rings is 1. The molecule has 6 nitrogen and oxygen atoms in total. The summed E-state index contributed by atoms with van der Waals surface area (Å²) in [5, 5.41) is 0. The first-order chi connectivity index (χ1) is 18.0. The summed E-state index contributed by atoms with van der Waals surface area (Å²) in [6.45, 7) is 2.08. The zero-order chi connectivity index (χ0) is 25.8. The van der Waals surface area contributed by atoms with Crippen molar-refractivity contribution in [2.24, 2.45) is 0 Å². The summed E-state index contributed by atoms with van der Waals surface area (Å²) in [6.07, 6.45) is 3.33. The second-order valence-electron chi connectivity index (χ2n) is 8.53. The molecule has 0 saturated heterocycles. The number of carbonyl (C=O) groups is 1. The maximum Gasteiger partial charge on any atom is 0.221 e. The minimum Gasteiger partial charge on any atom is -0.488 e. The number of nitrogens with two attached hydrogens (primary N) is 1. The van der Waals surface area contributed by atoms with Gasteiger partial charge in [0.2, 0.25) is 5.95 Å². The van der Waals surface area contributed by atoms with Gasteiger partial charge in [-0.15, -0.1) is 0 Å². The van der Waals surface area contributed by atoms with Crippen LogP contribution in [0.15, 0.2) is 97.3 Å². The lowest BCUT2D eigenvalue weighted by molar-refractivity contribution is 0.103. The highest BCUT2D eigenvalue weighted by Gasteiger charge is 2.19. The van der Waals surface area contributed by atoms with Gasteiger partial charge in [-0.3, -0.25) is 9.78 Å². The van der Waals surface area contributed by atoms with Gasteiger partial charge in [-0.25, -0.2) is 14.4 Å². The molecule has 0 bridgehead atoms. The molecule has 0 fully saturated rings. The molecule has 0 spiro atoms. The molecule has 2 N–H and O–H groups in total. The average molecular weight is 491 g/mol. The molecule has 0 aliphatic heterocycles. The highest BCUT2D eigenvalue weighted by atomic mass is 19.1. The average Bonchev–Trinajstić information content (AvgIpc) is 2.92. The first-order valence-electron chi connectivity index (χ1n) is 11.6. The molecule has 2 aromatic heterocycles. The zero-order valence-corrected chi connectivity index (χ0v) is 20.1. The van der Waals surface area contributed by atoms with E-state index in [0.717, 1.165) is 16.7 Å². The fourth-order valence-electron chi connectivity index (χ4n) is 3.97. The number of benzene rings is 3. The smallest absolute Gasteiger partial charge is 0.221 e. The third kappa shape index (κ3) is 5.36. The number of carbonyl (C=O) groups excluding carboxylic acids is 1. The van der Waals surface area contributed by atoms with E-state index in [1.165, 1.54) is 12.1 Å². The van der Waals surface area contributed by atoms with E-state index >= 15 is 0 Å². The normalized spacial score (nSPS) is 10.8. The van der Waals surface area contributed by atoms with E-state index in [1.54, 1.807) is 49.6 Å². The molecule has 2 heterocycles. The monoisotopic (exact) mass is 490 g/mol. The molecule has 0 aliphatic rings. The van der Waals surface area contributed by atoms with Crippen LogP contribution < -0.4 is 10.5 Å². The van der Waals surface area contributed by atoms with E-state index in [4.69, 9.17) is 10.5 Å². The van der Waals surface area contributed by atoms with Gasteiger partial charge in [0.25, 0.3) is 0 Å². The zero-order valence-electron chi connectivity index (χ0n) is 20.1. The van der Waals surface area contributed by atoms with Crippen molar-refractivity contribution < 1.29 is 13.9 Å². The number of rotatable bonds is 7. The SMILES string of the molecule is Cc1ccc(C(=O)c2ccc(OCc3ccccc3)c(-c3cc(-c4ccncc4)nc(N)n3)c2)c(F)c1. The molecule has 5 aromatic rings. The summed E-state index contributed by atoms with van der Waals surface area (Å²) in [5.74, 6) is -0.435. The fourth-order valence-corrected chi connectivity index (χ4v) is 3.97. The molecule has 0 aliphatic carbocycles. The third-order valence-electron chi connectivity index (χ3n) is 5.84. The Morgan fingerprint density at radius 2 is 1.65 bits per heavy atom. The molecule has 0 atom stereocenters. The lowest BCUT2D eigenvalue weighted by atomic mass is 9.98. The van der Waals surface area contributed by atoms with Crippen LogP contribution in [-0.2, 0) is 6.61 Å². The Bertz CT molecular complexity index is 1570. The van der Waals surface area contributed by atoms with Crippen molar-refractivity contribution in [3.05, 3.63) is 125 Å². The van der Waals surface area contributed by atoms with Crippen LogP contribution in [-0.4, -0.2) is 20.7 Å². The number of ether oxygens (including phenoxy) is 1. The van der Waals surface area contributed by atoms with Gasteiger partial charge in [-0.05, 0) is 66.6 Å². The minimum absolute atomic E-state index is 0.00539. The molecule has 0 unspecified atom stereocenters. The standard InChI is InChI=1S/C30H23FN4O2/c1-19-7-9-23(25(31)15-19)29(36)22-8-10-28(37-18-20-5-3-2-4-6-20)24(16-22)27-17-26(34-30(32)35-27)21-11-13-33-14-12-21/h2-17H,18H2,1H3,(H2,32,34,35). The largest absolute Gasteiger partial charge is 0.488 e. The lowest BCUT2D eigenvalue weighted by Gasteiger charge is -2.14. The first-order valence-corrected chi connectivity index (χ1v) is 11.6. The number of ketones is 1. The fraction of sp³-hybridized carbons (Fsp3) is 0.0667. The van der Waals surface area contributed by atoms with Crippen molar-refractivity contribution in [2.75, 3.05) is 5.73 Å². The predicted molar refractivity (Wildman–Crippen MR) is 140 cm³/mol. The molecule has 0 saturated carbocycles. The number of nitrogens with zero attached hydrogens (tertiary/aromatic N) is 3. The number of anilines is 1. The van der Waals surface area contributed by atoms with Gasteiger partial charge >= 0.3 is 0 Å². The Morgan fingerprint density at radius 1 is 0.892 bits per heavy atom. The predicted octanol–water partition coefficient (Wildman–Crippen LogP) is 6.05. The van der Waals surface area contributed by atoms with Crippen LogP contribution in [0.1, 0.15) is 27.0 Å². The van der Waals surface area contributed by atoms with Crippen LogP contribution in [0, 0.1) is 12.7 Å². The summed E-state index contributed by atoms with van der Waals surface area (Å²) in [4.78, 5) is 26.1. The Hall–Kier alpha value is -4.91. The number of halogens is 1. The van der Waals surface area contributed by atoms with E-state index in [-0.39, 0.29) is 11.5 Å². The van der Waals surface area contributed by atoms with Crippen LogP contribution in [0.5, 0.6) is 5.75 Å². The lowest BCUT2D eigenvalue weighted by Crippen LogP contribution is -2.06. The molecule has 0 radical (unpaired) electrons. The van der Waals surface area contributed by atoms with Gasteiger partial charge in [-0.2, -0.15) is 0 Å². The van der Waals surface area contributed by atoms with Gasteiger partial charge < -0.3 is 10.5 Å². The third-order valence-corrected chi connectivity index (χ3v) is 5.84. The maximum absolute atomic E-state index is 14.6. The number of aromatic nitrogens is 3. The van der Waals surface area contributed by atoms with Crippen molar-refractivity contribution in [1.82, 2.24) is 15.0 Å². The molecule has 37 heavy (non-hydrogen) atoms. The van der Waals surface area contributed by atoms with Crippen molar-refractivity contribution in [3.8, 4) is 28.3 Å². The number of nitrogen functional groups attached to an aromatic ring is 1. The van der Waals surface area contributed by atoms with E-state index in [9.17, 15) is 9.18 Å². The Balaban J connectivity index is 1.60. The van der Waals surface area contributed by atoms with Crippen molar-refractivity contribution in [3.63, 3.8) is 0 Å². The van der Waals surface area contributed by atoms with Crippen molar-refractivity contribution in [1.29, 1.82) is 0 Å². The van der Waals surface area contributed by atoms with Crippen molar-refractivity contribution in [2.45, 2.75) is 13.5 Å². The second-order valence-corrected chi connectivity index (χ2v) is 8.53. The molecule has 5 rings (SSSR count). The Labute approximate surface area is 213 Å². The molecule has 7 heteroatoms. The summed E-state index contributed by atoms with van der Waals surface area (Å²) in [5.41, 5.74) is 10.5. The van der Waals surface area contributed by atoms with Crippen LogP contribution >= 0.6 is 0 Å². The molecule has 3 aromatic carbocycles. The van der Waals surface area contributed by atoms with E-state index in [2.05, 4.69) is 15.0 Å². The number of hydrogen-bond acceptors (Lipinski definition) is 6. The van der Waals surface area contributed by atoms with Crippen LogP contribution in [0.3, 0.4) is 0 Å². The van der Waals surface area contributed by atoms with Crippen molar-refractivity contribution >= 4 is 11.7 Å². The number of aryl methyl sites for hydroxylation is 1. The summed E-state index contributed by atoms with van der Waals surface area (Å²) in [7, 11) is 0. The van der Waals surface area contributed by atoms with Crippen LogP contribution in [0.4, 0.5) is 10.3 Å². The van der Waals surface area contributed by atoms with Crippen LogP contribution in [0.25, 0.3) is 22.5 Å². The van der Waals surface area contributed by atoms with E-state index in [0.29, 0.717) is 34.9 Å². The first kappa shape index (κ1) is 23.8. The topological polar surface area (TPSA) is 91.0 Å². The minimum atomic E-state index is -0.567. The van der Waals surface area contributed by atoms with E-state index < -0.39 is 11.6 Å². The molecular formula is C30H23FN4O2. The quantitative estimate of drug-likeness (QED) is 0.280. The summed E-state index contributed by atoms with van der Waals surface area (Å²) < 4.78 is 20.7. The van der Waals surface area contributed by atoms with Gasteiger partial charge in [0.15, 0.2) is 5.78 Å². The molecule has 182 valence electrons. The Morgan fingerprint density at radius 3 is 2.41 bits per heavy atom. The molecular weight excluding hydrogens is 467 g/mol. The van der Waals surface area contributed by atoms with Gasteiger partial charge in [0.05, 0.1) is 17.0 Å². The van der Waals surface area contributed by atoms with Crippen LogP contribution in [0.2, 0.25) is 0 Å². The highest BCUT2D eigenvalue weighted by Crippen LogP contribution is 2.34. The second kappa shape index (κ2) is 10.4. The maximum atomic E-state index is 14.6. The van der Waals surface area contributed by atoms with Gasteiger partial charge in [0.1, 0.15) is 18.2 Å². The molecule has 0 amide bonds. The number of hydrogen-bond donors (Lipinski definition) is 1. The van der Waals surface area contributed by atoms with Gasteiger partial charge in [0, 0.05) is 29.1 Å².